The molecule has 0 saturated carbocycles. The zero-order valence-corrected chi connectivity index (χ0v) is 11.5. The van der Waals surface area contributed by atoms with Crippen LogP contribution < -0.4 is 0 Å². The summed E-state index contributed by atoms with van der Waals surface area (Å²) in [6, 6.07) is 6.77. The van der Waals surface area contributed by atoms with Gasteiger partial charge in [-0.25, -0.2) is 8.42 Å². The Hall–Kier alpha value is -0.870. The van der Waals surface area contributed by atoms with Crippen molar-refractivity contribution in [3.8, 4) is 0 Å². The van der Waals surface area contributed by atoms with Crippen LogP contribution in [-0.2, 0) is 9.84 Å². The lowest BCUT2D eigenvalue weighted by atomic mass is 10.2. The standard InChI is InChI=1S/C12H13BrO2S/c1-3-4-5-12(13)10-6-8-11(9-7-10)16(2,14)15/h3-9H,1-2H3/b4-3+,12-5-. The largest absolute Gasteiger partial charge is 0.224 e. The minimum atomic E-state index is -3.11. The number of halogens is 1. The van der Waals surface area contributed by atoms with Crippen molar-refractivity contribution in [1.82, 2.24) is 0 Å². The Morgan fingerprint density at radius 2 is 1.81 bits per heavy atom. The zero-order valence-electron chi connectivity index (χ0n) is 9.14. The SMILES string of the molecule is C/C=C/C=C(\Br)c1ccc(S(C)(=O)=O)cc1. The molecule has 16 heavy (non-hydrogen) atoms. The van der Waals surface area contributed by atoms with Gasteiger partial charge in [-0.3, -0.25) is 0 Å². The van der Waals surface area contributed by atoms with Crippen molar-refractivity contribution in [2.45, 2.75) is 11.8 Å². The van der Waals surface area contributed by atoms with Crippen molar-refractivity contribution in [2.24, 2.45) is 0 Å². The van der Waals surface area contributed by atoms with Crippen molar-refractivity contribution in [3.63, 3.8) is 0 Å². The van der Waals surface area contributed by atoms with Crippen LogP contribution in [-0.4, -0.2) is 14.7 Å². The second kappa shape index (κ2) is 5.46. The molecule has 0 radical (unpaired) electrons. The van der Waals surface area contributed by atoms with Crippen LogP contribution >= 0.6 is 15.9 Å². The molecule has 0 aliphatic rings. The van der Waals surface area contributed by atoms with Crippen molar-refractivity contribution in [1.29, 1.82) is 0 Å². The van der Waals surface area contributed by atoms with E-state index in [1.165, 1.54) is 6.26 Å². The predicted molar refractivity (Wildman–Crippen MR) is 71.3 cm³/mol. The molecule has 86 valence electrons. The molecule has 0 heterocycles. The van der Waals surface area contributed by atoms with Gasteiger partial charge in [0.1, 0.15) is 0 Å². The first-order valence-corrected chi connectivity index (χ1v) is 7.42. The first-order chi connectivity index (χ1) is 7.45. The average molecular weight is 301 g/mol. The van der Waals surface area contributed by atoms with Gasteiger partial charge in [0.25, 0.3) is 0 Å². The number of allylic oxidation sites excluding steroid dienone is 3. The molecule has 0 aliphatic carbocycles. The molecule has 0 aliphatic heterocycles. The van der Waals surface area contributed by atoms with Gasteiger partial charge in [-0.05, 0) is 30.7 Å². The number of rotatable bonds is 3. The average Bonchev–Trinajstić information content (AvgIpc) is 2.25. The third kappa shape index (κ3) is 3.61. The predicted octanol–water partition coefficient (Wildman–Crippen LogP) is 3.40. The third-order valence-corrected chi connectivity index (χ3v) is 3.84. The highest BCUT2D eigenvalue weighted by atomic mass is 79.9. The molecule has 0 spiro atoms. The number of hydrogen-bond donors (Lipinski definition) is 0. The first-order valence-electron chi connectivity index (χ1n) is 4.74. The normalized spacial score (nSPS) is 13.3. The van der Waals surface area contributed by atoms with Crippen LogP contribution in [0.2, 0.25) is 0 Å². The summed E-state index contributed by atoms with van der Waals surface area (Å²) in [6.45, 7) is 1.93. The van der Waals surface area contributed by atoms with E-state index in [9.17, 15) is 8.42 Å². The fourth-order valence-corrected chi connectivity index (χ4v) is 2.19. The van der Waals surface area contributed by atoms with E-state index < -0.39 is 9.84 Å². The fourth-order valence-electron chi connectivity index (χ4n) is 1.14. The van der Waals surface area contributed by atoms with Gasteiger partial charge >= 0.3 is 0 Å². The van der Waals surface area contributed by atoms with Crippen molar-refractivity contribution in [2.75, 3.05) is 6.26 Å². The lowest BCUT2D eigenvalue weighted by Gasteiger charge is -2.01. The zero-order chi connectivity index (χ0) is 12.2. The van der Waals surface area contributed by atoms with Gasteiger partial charge in [-0.15, -0.1) is 0 Å². The fraction of sp³-hybridized carbons (Fsp3) is 0.167. The van der Waals surface area contributed by atoms with Gasteiger partial charge in [0, 0.05) is 10.7 Å². The molecular weight excluding hydrogens is 288 g/mol. The molecule has 1 aromatic rings. The van der Waals surface area contributed by atoms with Crippen LogP contribution in [0.4, 0.5) is 0 Å². The number of sulfone groups is 1. The molecule has 0 bridgehead atoms. The van der Waals surface area contributed by atoms with Gasteiger partial charge in [0.2, 0.25) is 0 Å². The monoisotopic (exact) mass is 300 g/mol. The molecule has 0 N–H and O–H groups in total. The van der Waals surface area contributed by atoms with Gasteiger partial charge < -0.3 is 0 Å². The lowest BCUT2D eigenvalue weighted by Crippen LogP contribution is -1.96. The molecule has 2 nitrogen and oxygen atoms in total. The Balaban J connectivity index is 3.05. The maximum absolute atomic E-state index is 11.2. The molecule has 0 atom stereocenters. The minimum absolute atomic E-state index is 0.336. The Morgan fingerprint density at radius 1 is 1.25 bits per heavy atom. The lowest BCUT2D eigenvalue weighted by molar-refractivity contribution is 0.602. The molecule has 1 rings (SSSR count). The molecule has 0 unspecified atom stereocenters. The van der Waals surface area contributed by atoms with Gasteiger partial charge in [0.05, 0.1) is 4.90 Å². The summed E-state index contributed by atoms with van der Waals surface area (Å²) < 4.78 is 23.4. The third-order valence-electron chi connectivity index (χ3n) is 1.99. The summed E-state index contributed by atoms with van der Waals surface area (Å²) in [5, 5.41) is 0. The Bertz CT molecular complexity index is 510. The highest BCUT2D eigenvalue weighted by Gasteiger charge is 2.06. The molecule has 4 heteroatoms. The van der Waals surface area contributed by atoms with E-state index in [4.69, 9.17) is 0 Å². The van der Waals surface area contributed by atoms with Crippen molar-refractivity contribution in [3.05, 3.63) is 48.1 Å². The van der Waals surface area contributed by atoms with Gasteiger partial charge in [-0.2, -0.15) is 0 Å². The van der Waals surface area contributed by atoms with Crippen LogP contribution in [0.15, 0.2) is 47.4 Å². The van der Waals surface area contributed by atoms with Crippen molar-refractivity contribution >= 4 is 30.2 Å². The summed E-state index contributed by atoms with van der Waals surface area (Å²) in [4.78, 5) is 0.336. The highest BCUT2D eigenvalue weighted by Crippen LogP contribution is 2.22. The second-order valence-electron chi connectivity index (χ2n) is 3.34. The molecule has 0 fully saturated rings. The van der Waals surface area contributed by atoms with Gasteiger partial charge in [0.15, 0.2) is 9.84 Å². The number of benzene rings is 1. The summed E-state index contributed by atoms with van der Waals surface area (Å²) in [5.74, 6) is 0. The molecule has 0 aromatic heterocycles. The van der Waals surface area contributed by atoms with Gasteiger partial charge in [-0.1, -0.05) is 40.2 Å². The molecule has 0 amide bonds. The van der Waals surface area contributed by atoms with Crippen LogP contribution in [0, 0.1) is 0 Å². The summed E-state index contributed by atoms with van der Waals surface area (Å²) in [5.41, 5.74) is 0.950. The van der Waals surface area contributed by atoms with E-state index in [-0.39, 0.29) is 0 Å². The Kier molecular flexibility index (Phi) is 4.50. The van der Waals surface area contributed by atoms with E-state index in [0.29, 0.717) is 4.90 Å². The summed E-state index contributed by atoms with van der Waals surface area (Å²) >= 11 is 3.42. The highest BCUT2D eigenvalue weighted by molar-refractivity contribution is 9.15. The van der Waals surface area contributed by atoms with Crippen LogP contribution in [0.1, 0.15) is 12.5 Å². The minimum Gasteiger partial charge on any atom is -0.224 e. The van der Waals surface area contributed by atoms with E-state index in [0.717, 1.165) is 10.0 Å². The molecule has 0 saturated heterocycles. The summed E-state index contributed by atoms with van der Waals surface area (Å²) in [7, 11) is -3.11. The maximum atomic E-state index is 11.2. The molecular formula is C12H13BrO2S. The van der Waals surface area contributed by atoms with E-state index in [1.807, 2.05) is 25.2 Å². The van der Waals surface area contributed by atoms with Crippen LogP contribution in [0.3, 0.4) is 0 Å². The van der Waals surface area contributed by atoms with Crippen molar-refractivity contribution < 1.29 is 8.42 Å². The van der Waals surface area contributed by atoms with E-state index >= 15 is 0 Å². The Morgan fingerprint density at radius 3 is 2.25 bits per heavy atom. The van der Waals surface area contributed by atoms with E-state index in [2.05, 4.69) is 15.9 Å². The number of hydrogen-bond acceptors (Lipinski definition) is 2. The first kappa shape index (κ1) is 13.2. The second-order valence-corrected chi connectivity index (χ2v) is 6.21. The maximum Gasteiger partial charge on any atom is 0.175 e. The smallest absolute Gasteiger partial charge is 0.175 e. The van der Waals surface area contributed by atoms with Crippen LogP contribution in [0.5, 0.6) is 0 Å². The summed E-state index contributed by atoms with van der Waals surface area (Å²) in [6.07, 6.45) is 6.95. The Labute approximate surface area is 105 Å². The topological polar surface area (TPSA) is 34.1 Å². The quantitative estimate of drug-likeness (QED) is 0.802. The molecule has 1 aromatic carbocycles. The van der Waals surface area contributed by atoms with E-state index in [1.54, 1.807) is 24.3 Å². The van der Waals surface area contributed by atoms with Crippen LogP contribution in [0.25, 0.3) is 4.48 Å².